The summed E-state index contributed by atoms with van der Waals surface area (Å²) in [7, 11) is 0. The first kappa shape index (κ1) is 8.61. The lowest BCUT2D eigenvalue weighted by atomic mass is 10.5. The maximum Gasteiger partial charge on any atom is 0.251 e. The van der Waals surface area contributed by atoms with Crippen LogP contribution in [0.2, 0.25) is 0 Å². The van der Waals surface area contributed by atoms with E-state index in [0.29, 0.717) is 11.8 Å². The molecule has 0 aliphatic rings. The molecule has 1 rings (SSSR count). The molecule has 0 radical (unpaired) electrons. The summed E-state index contributed by atoms with van der Waals surface area (Å²) >= 11 is 0. The van der Waals surface area contributed by atoms with E-state index < -0.39 is 0 Å². The second-order valence-corrected chi connectivity index (χ2v) is 2.31. The van der Waals surface area contributed by atoms with Crippen molar-refractivity contribution >= 4 is 11.8 Å². The van der Waals surface area contributed by atoms with E-state index in [1.807, 2.05) is 12.4 Å². The maximum atomic E-state index is 8.43. The molecule has 0 aromatic carbocycles. The van der Waals surface area contributed by atoms with E-state index in [2.05, 4.69) is 15.0 Å². The average molecular weight is 166 g/mol. The highest BCUT2D eigenvalue weighted by molar-refractivity contribution is 5.80. The molecule has 0 atom stereocenters. The van der Waals surface area contributed by atoms with Gasteiger partial charge in [0.1, 0.15) is 5.84 Å². The number of nitrogens with one attached hydrogen (secondary N) is 1. The Kier molecular flexibility index (Phi) is 2.71. The highest BCUT2D eigenvalue weighted by Crippen LogP contribution is 2.02. The van der Waals surface area contributed by atoms with Gasteiger partial charge in [-0.05, 0) is 19.9 Å². The fourth-order valence-corrected chi connectivity index (χ4v) is 0.665. The minimum absolute atomic E-state index is 0.342. The Balaban J connectivity index is 2.89. The first-order valence-corrected chi connectivity index (χ1v) is 3.47. The molecular formula is C7H10N4O. The molecule has 5 heteroatoms. The fourth-order valence-electron chi connectivity index (χ4n) is 0.665. The molecule has 0 saturated heterocycles. The number of rotatable bonds is 1. The third-order valence-electron chi connectivity index (χ3n) is 1.21. The summed E-state index contributed by atoms with van der Waals surface area (Å²) in [6.45, 7) is 3.47. The summed E-state index contributed by atoms with van der Waals surface area (Å²) in [6, 6.07) is 1.78. The van der Waals surface area contributed by atoms with Gasteiger partial charge in [0.2, 0.25) is 0 Å². The molecule has 0 aliphatic carbocycles. The number of aryl methyl sites for hydroxylation is 1. The van der Waals surface area contributed by atoms with Crippen molar-refractivity contribution in [2.75, 3.05) is 0 Å². The number of hydroxylamine groups is 1. The Morgan fingerprint density at radius 1 is 1.67 bits per heavy atom. The van der Waals surface area contributed by atoms with Crippen molar-refractivity contribution in [2.45, 2.75) is 13.8 Å². The summed E-state index contributed by atoms with van der Waals surface area (Å²) in [5.74, 6) is 0.703. The molecule has 0 aliphatic heterocycles. The molecule has 0 bridgehead atoms. The van der Waals surface area contributed by atoms with Crippen LogP contribution in [0.4, 0.5) is 5.95 Å². The fraction of sp³-hybridized carbons (Fsp3) is 0.286. The highest BCUT2D eigenvalue weighted by atomic mass is 16.5. The Hall–Kier alpha value is -1.49. The first-order valence-electron chi connectivity index (χ1n) is 3.47. The van der Waals surface area contributed by atoms with Crippen molar-refractivity contribution in [1.82, 2.24) is 15.4 Å². The van der Waals surface area contributed by atoms with Crippen LogP contribution in [-0.4, -0.2) is 21.0 Å². The molecule has 2 N–H and O–H groups in total. The second kappa shape index (κ2) is 3.77. The summed E-state index contributed by atoms with van der Waals surface area (Å²) in [5, 5.41) is 8.43. The standard InChI is InChI=1S/C7H10N4O/c1-5-3-4-8-7(9-5)10-6(2)11-12/h3-4,12H,1-2H3,(H,8,9,10,11). The predicted molar refractivity (Wildman–Crippen MR) is 44.5 cm³/mol. The Morgan fingerprint density at radius 2 is 2.42 bits per heavy atom. The Morgan fingerprint density at radius 3 is 3.00 bits per heavy atom. The summed E-state index contributed by atoms with van der Waals surface area (Å²) < 4.78 is 0. The number of hydrogen-bond acceptors (Lipinski definition) is 4. The molecule has 0 spiro atoms. The van der Waals surface area contributed by atoms with Crippen molar-refractivity contribution in [3.8, 4) is 0 Å². The van der Waals surface area contributed by atoms with Gasteiger partial charge in [0.15, 0.2) is 0 Å². The van der Waals surface area contributed by atoms with Crippen LogP contribution < -0.4 is 5.48 Å². The number of nitrogens with zero attached hydrogens (tertiary/aromatic N) is 3. The van der Waals surface area contributed by atoms with Crippen molar-refractivity contribution < 1.29 is 5.21 Å². The van der Waals surface area contributed by atoms with Gasteiger partial charge in [-0.2, -0.15) is 4.99 Å². The normalized spacial score (nSPS) is 11.4. The number of aromatic nitrogens is 2. The zero-order valence-electron chi connectivity index (χ0n) is 6.94. The lowest BCUT2D eigenvalue weighted by Gasteiger charge is -1.96. The van der Waals surface area contributed by atoms with Gasteiger partial charge in [0.25, 0.3) is 5.95 Å². The summed E-state index contributed by atoms with van der Waals surface area (Å²) in [6.07, 6.45) is 1.62. The smallest absolute Gasteiger partial charge is 0.251 e. The van der Waals surface area contributed by atoms with Crippen molar-refractivity contribution in [3.63, 3.8) is 0 Å². The van der Waals surface area contributed by atoms with Crippen molar-refractivity contribution in [2.24, 2.45) is 4.99 Å². The quantitative estimate of drug-likeness (QED) is 0.368. The van der Waals surface area contributed by atoms with Gasteiger partial charge in [-0.15, -0.1) is 0 Å². The largest absolute Gasteiger partial charge is 0.290 e. The number of amidine groups is 1. The van der Waals surface area contributed by atoms with Gasteiger partial charge < -0.3 is 0 Å². The van der Waals surface area contributed by atoms with Crippen LogP contribution in [-0.2, 0) is 0 Å². The molecule has 1 aromatic heterocycles. The van der Waals surface area contributed by atoms with Gasteiger partial charge in [-0.1, -0.05) is 0 Å². The predicted octanol–water partition coefficient (Wildman–Crippen LogP) is 0.814. The monoisotopic (exact) mass is 166 g/mol. The number of hydrogen-bond donors (Lipinski definition) is 2. The lowest BCUT2D eigenvalue weighted by Crippen LogP contribution is -2.14. The maximum absolute atomic E-state index is 8.43. The van der Waals surface area contributed by atoms with Crippen LogP contribution in [0, 0.1) is 6.92 Å². The molecular weight excluding hydrogens is 156 g/mol. The molecule has 0 amide bonds. The van der Waals surface area contributed by atoms with Gasteiger partial charge in [0, 0.05) is 11.9 Å². The highest BCUT2D eigenvalue weighted by Gasteiger charge is 1.93. The molecule has 0 saturated carbocycles. The minimum atomic E-state index is 0.342. The zero-order valence-corrected chi connectivity index (χ0v) is 6.94. The molecule has 5 nitrogen and oxygen atoms in total. The van der Waals surface area contributed by atoms with E-state index in [4.69, 9.17) is 5.21 Å². The van der Waals surface area contributed by atoms with Crippen molar-refractivity contribution in [1.29, 1.82) is 0 Å². The van der Waals surface area contributed by atoms with Crippen LogP contribution >= 0.6 is 0 Å². The molecule has 0 fully saturated rings. The van der Waals surface area contributed by atoms with E-state index in [0.717, 1.165) is 5.69 Å². The van der Waals surface area contributed by atoms with Gasteiger partial charge >= 0.3 is 0 Å². The van der Waals surface area contributed by atoms with Crippen LogP contribution in [0.3, 0.4) is 0 Å². The van der Waals surface area contributed by atoms with Gasteiger partial charge in [-0.25, -0.2) is 9.97 Å². The van der Waals surface area contributed by atoms with E-state index in [1.165, 1.54) is 0 Å². The van der Waals surface area contributed by atoms with Crippen LogP contribution in [0.15, 0.2) is 17.3 Å². The minimum Gasteiger partial charge on any atom is -0.290 e. The van der Waals surface area contributed by atoms with Gasteiger partial charge in [0.05, 0.1) is 0 Å². The van der Waals surface area contributed by atoms with Crippen molar-refractivity contribution in [3.05, 3.63) is 18.0 Å². The molecule has 1 aromatic rings. The molecule has 1 heterocycles. The van der Waals surface area contributed by atoms with Crippen LogP contribution in [0.1, 0.15) is 12.6 Å². The topological polar surface area (TPSA) is 70.4 Å². The second-order valence-electron chi connectivity index (χ2n) is 2.31. The Bertz CT molecular complexity index is 297. The third-order valence-corrected chi connectivity index (χ3v) is 1.21. The Labute approximate surface area is 70.2 Å². The van der Waals surface area contributed by atoms with Crippen LogP contribution in [0.5, 0.6) is 0 Å². The third kappa shape index (κ3) is 2.28. The van der Waals surface area contributed by atoms with Gasteiger partial charge in [-0.3, -0.25) is 10.7 Å². The summed E-state index contributed by atoms with van der Waals surface area (Å²) in [5.41, 5.74) is 2.74. The molecule has 0 unspecified atom stereocenters. The molecule has 12 heavy (non-hydrogen) atoms. The first-order chi connectivity index (χ1) is 5.72. The van der Waals surface area contributed by atoms with E-state index in [1.54, 1.807) is 19.2 Å². The van der Waals surface area contributed by atoms with E-state index in [-0.39, 0.29) is 0 Å². The number of aliphatic imine (C=N–C) groups is 1. The van der Waals surface area contributed by atoms with E-state index >= 15 is 0 Å². The average Bonchev–Trinajstić information content (AvgIpc) is 2.04. The summed E-state index contributed by atoms with van der Waals surface area (Å²) in [4.78, 5) is 11.8. The molecule has 64 valence electrons. The SMILES string of the molecule is C/C(=N\c1nccc(C)n1)NO. The van der Waals surface area contributed by atoms with Crippen LogP contribution in [0.25, 0.3) is 0 Å². The van der Waals surface area contributed by atoms with E-state index in [9.17, 15) is 0 Å². The lowest BCUT2D eigenvalue weighted by molar-refractivity contribution is 0.234. The zero-order chi connectivity index (χ0) is 8.97.